The van der Waals surface area contributed by atoms with Gasteiger partial charge in [-0.3, -0.25) is 4.90 Å². The summed E-state index contributed by atoms with van der Waals surface area (Å²) in [7, 11) is 0. The van der Waals surface area contributed by atoms with Gasteiger partial charge in [0.2, 0.25) is 0 Å². The van der Waals surface area contributed by atoms with Crippen molar-refractivity contribution in [3.63, 3.8) is 0 Å². The Balaban J connectivity index is 1.57. The quantitative estimate of drug-likeness (QED) is 0.887. The van der Waals surface area contributed by atoms with E-state index in [9.17, 15) is 4.39 Å². The van der Waals surface area contributed by atoms with Gasteiger partial charge >= 0.3 is 0 Å². The van der Waals surface area contributed by atoms with Gasteiger partial charge < -0.3 is 10.1 Å². The SMILES string of the molecule is Fc1ccc(Cc2ccccc2OCCN2CCNCC2)cc1. The minimum Gasteiger partial charge on any atom is -0.492 e. The van der Waals surface area contributed by atoms with Crippen LogP contribution in [-0.2, 0) is 6.42 Å². The van der Waals surface area contributed by atoms with E-state index in [1.165, 1.54) is 12.1 Å². The Kier molecular flexibility index (Phi) is 5.61. The predicted octanol–water partition coefficient (Wildman–Crippen LogP) is 2.70. The summed E-state index contributed by atoms with van der Waals surface area (Å²) in [6.07, 6.45) is 0.754. The molecule has 0 amide bonds. The summed E-state index contributed by atoms with van der Waals surface area (Å²) in [6, 6.07) is 14.8. The van der Waals surface area contributed by atoms with E-state index < -0.39 is 0 Å². The topological polar surface area (TPSA) is 24.5 Å². The Morgan fingerprint density at radius 3 is 2.52 bits per heavy atom. The zero-order chi connectivity index (χ0) is 15.9. The number of ether oxygens (including phenoxy) is 1. The largest absolute Gasteiger partial charge is 0.492 e. The third-order valence-corrected chi connectivity index (χ3v) is 4.16. The average molecular weight is 314 g/mol. The first-order valence-electron chi connectivity index (χ1n) is 8.19. The first-order valence-corrected chi connectivity index (χ1v) is 8.19. The van der Waals surface area contributed by atoms with Crippen LogP contribution in [0.3, 0.4) is 0 Å². The fourth-order valence-electron chi connectivity index (χ4n) is 2.83. The molecular weight excluding hydrogens is 291 g/mol. The molecule has 4 heteroatoms. The lowest BCUT2D eigenvalue weighted by atomic mass is 10.0. The lowest BCUT2D eigenvalue weighted by Gasteiger charge is -2.27. The Hall–Kier alpha value is -1.91. The maximum atomic E-state index is 13.0. The summed E-state index contributed by atoms with van der Waals surface area (Å²) in [6.45, 7) is 5.93. The molecule has 0 saturated carbocycles. The molecule has 122 valence electrons. The minimum absolute atomic E-state index is 0.200. The maximum absolute atomic E-state index is 13.0. The molecule has 1 aliphatic heterocycles. The van der Waals surface area contributed by atoms with Gasteiger partial charge in [0.05, 0.1) is 0 Å². The number of hydrogen-bond acceptors (Lipinski definition) is 3. The van der Waals surface area contributed by atoms with Gasteiger partial charge in [0.15, 0.2) is 0 Å². The Labute approximate surface area is 137 Å². The molecule has 0 aliphatic carbocycles. The number of benzene rings is 2. The summed E-state index contributed by atoms with van der Waals surface area (Å²) in [5, 5.41) is 3.35. The van der Waals surface area contributed by atoms with Gasteiger partial charge in [0, 0.05) is 39.1 Å². The molecule has 3 nitrogen and oxygen atoms in total. The van der Waals surface area contributed by atoms with E-state index in [1.54, 1.807) is 0 Å². The molecule has 0 spiro atoms. The lowest BCUT2D eigenvalue weighted by molar-refractivity contribution is 0.190. The Morgan fingerprint density at radius 2 is 1.74 bits per heavy atom. The van der Waals surface area contributed by atoms with Gasteiger partial charge in [-0.25, -0.2) is 4.39 Å². The van der Waals surface area contributed by atoms with Crippen molar-refractivity contribution in [3.8, 4) is 5.75 Å². The Bertz CT molecular complexity index is 609. The Morgan fingerprint density at radius 1 is 1.00 bits per heavy atom. The van der Waals surface area contributed by atoms with Crippen LogP contribution in [0.4, 0.5) is 4.39 Å². The minimum atomic E-state index is -0.200. The standard InChI is InChI=1S/C19H23FN2O/c20-18-7-5-16(6-8-18)15-17-3-1-2-4-19(17)23-14-13-22-11-9-21-10-12-22/h1-8,21H,9-15H2. The molecule has 2 aromatic carbocycles. The van der Waals surface area contributed by atoms with Crippen LogP contribution in [0.2, 0.25) is 0 Å². The van der Waals surface area contributed by atoms with Gasteiger partial charge in [-0.1, -0.05) is 30.3 Å². The molecule has 1 saturated heterocycles. The van der Waals surface area contributed by atoms with E-state index in [4.69, 9.17) is 4.74 Å². The van der Waals surface area contributed by atoms with Crippen molar-refractivity contribution in [1.82, 2.24) is 10.2 Å². The first-order chi connectivity index (χ1) is 11.3. The van der Waals surface area contributed by atoms with Crippen LogP contribution in [0.25, 0.3) is 0 Å². The number of para-hydroxylation sites is 1. The molecule has 3 rings (SSSR count). The number of nitrogens with zero attached hydrogens (tertiary/aromatic N) is 1. The molecule has 1 aliphatic rings. The molecule has 1 fully saturated rings. The summed E-state index contributed by atoms with van der Waals surface area (Å²) in [4.78, 5) is 2.42. The molecule has 1 heterocycles. The van der Waals surface area contributed by atoms with Crippen molar-refractivity contribution in [2.24, 2.45) is 0 Å². The normalized spacial score (nSPS) is 15.5. The van der Waals surface area contributed by atoms with E-state index in [2.05, 4.69) is 16.3 Å². The van der Waals surface area contributed by atoms with Crippen molar-refractivity contribution >= 4 is 0 Å². The third-order valence-electron chi connectivity index (χ3n) is 4.16. The zero-order valence-corrected chi connectivity index (χ0v) is 13.3. The van der Waals surface area contributed by atoms with E-state index >= 15 is 0 Å². The van der Waals surface area contributed by atoms with Gasteiger partial charge in [-0.2, -0.15) is 0 Å². The first kappa shape index (κ1) is 16.0. The lowest BCUT2D eigenvalue weighted by Crippen LogP contribution is -2.44. The molecule has 0 unspecified atom stereocenters. The number of piperazine rings is 1. The fraction of sp³-hybridized carbons (Fsp3) is 0.368. The van der Waals surface area contributed by atoms with Crippen molar-refractivity contribution in [2.45, 2.75) is 6.42 Å². The molecule has 0 aromatic heterocycles. The second-order valence-electron chi connectivity index (χ2n) is 5.85. The van der Waals surface area contributed by atoms with Crippen LogP contribution in [0, 0.1) is 5.82 Å². The highest BCUT2D eigenvalue weighted by Gasteiger charge is 2.10. The molecule has 0 bridgehead atoms. The van der Waals surface area contributed by atoms with Crippen LogP contribution in [0.15, 0.2) is 48.5 Å². The van der Waals surface area contributed by atoms with Crippen LogP contribution in [0.5, 0.6) is 5.75 Å². The van der Waals surface area contributed by atoms with Crippen molar-refractivity contribution < 1.29 is 9.13 Å². The van der Waals surface area contributed by atoms with Crippen molar-refractivity contribution in [3.05, 3.63) is 65.5 Å². The molecular formula is C19H23FN2O. The second-order valence-corrected chi connectivity index (χ2v) is 5.85. The fourth-order valence-corrected chi connectivity index (χ4v) is 2.83. The van der Waals surface area contributed by atoms with Crippen LogP contribution >= 0.6 is 0 Å². The van der Waals surface area contributed by atoms with E-state index in [0.717, 1.165) is 56.0 Å². The van der Waals surface area contributed by atoms with Gasteiger partial charge in [-0.05, 0) is 29.3 Å². The molecule has 1 N–H and O–H groups in total. The van der Waals surface area contributed by atoms with Gasteiger partial charge in [0.1, 0.15) is 18.2 Å². The van der Waals surface area contributed by atoms with Crippen molar-refractivity contribution in [2.75, 3.05) is 39.3 Å². The summed E-state index contributed by atoms with van der Waals surface area (Å²) in [5.41, 5.74) is 2.23. The highest BCUT2D eigenvalue weighted by atomic mass is 19.1. The number of halogens is 1. The maximum Gasteiger partial charge on any atom is 0.123 e. The molecule has 23 heavy (non-hydrogen) atoms. The molecule has 0 atom stereocenters. The van der Waals surface area contributed by atoms with Crippen molar-refractivity contribution in [1.29, 1.82) is 0 Å². The van der Waals surface area contributed by atoms with E-state index in [1.807, 2.05) is 30.3 Å². The van der Waals surface area contributed by atoms with E-state index in [-0.39, 0.29) is 5.82 Å². The molecule has 0 radical (unpaired) electrons. The van der Waals surface area contributed by atoms with Crippen LogP contribution in [0.1, 0.15) is 11.1 Å². The average Bonchev–Trinajstić information content (AvgIpc) is 2.59. The summed E-state index contributed by atoms with van der Waals surface area (Å²) < 4.78 is 19.0. The van der Waals surface area contributed by atoms with Crippen LogP contribution < -0.4 is 10.1 Å². The second kappa shape index (κ2) is 8.09. The number of hydrogen-bond donors (Lipinski definition) is 1. The van der Waals surface area contributed by atoms with Crippen LogP contribution in [-0.4, -0.2) is 44.2 Å². The monoisotopic (exact) mass is 314 g/mol. The van der Waals surface area contributed by atoms with Gasteiger partial charge in [0.25, 0.3) is 0 Å². The smallest absolute Gasteiger partial charge is 0.123 e. The summed E-state index contributed by atoms with van der Waals surface area (Å²) in [5.74, 6) is 0.723. The predicted molar refractivity (Wildman–Crippen MR) is 90.5 cm³/mol. The van der Waals surface area contributed by atoms with Gasteiger partial charge in [-0.15, -0.1) is 0 Å². The zero-order valence-electron chi connectivity index (χ0n) is 13.3. The number of rotatable bonds is 6. The number of nitrogens with one attached hydrogen (secondary N) is 1. The van der Waals surface area contributed by atoms with E-state index in [0.29, 0.717) is 6.61 Å². The highest BCUT2D eigenvalue weighted by molar-refractivity contribution is 5.37. The summed E-state index contributed by atoms with van der Waals surface area (Å²) >= 11 is 0. The third kappa shape index (κ3) is 4.78. The molecule has 2 aromatic rings. The highest BCUT2D eigenvalue weighted by Crippen LogP contribution is 2.21.